The van der Waals surface area contributed by atoms with E-state index in [9.17, 15) is 4.39 Å². The Bertz CT molecular complexity index is 495. The maximum atomic E-state index is 13.1. The van der Waals surface area contributed by atoms with Gasteiger partial charge in [-0.2, -0.15) is 0 Å². The summed E-state index contributed by atoms with van der Waals surface area (Å²) >= 11 is 0. The SMILES string of the molecule is CN=C(NCCN1CCCCC1C)NCc1cccc(F)c1.I. The molecule has 0 radical (unpaired) electrons. The van der Waals surface area contributed by atoms with E-state index in [1.807, 2.05) is 6.07 Å². The largest absolute Gasteiger partial charge is 0.355 e. The van der Waals surface area contributed by atoms with Crippen LogP contribution in [0.1, 0.15) is 31.7 Å². The summed E-state index contributed by atoms with van der Waals surface area (Å²) < 4.78 is 13.1. The molecule has 2 rings (SSSR count). The van der Waals surface area contributed by atoms with Crippen LogP contribution in [0.4, 0.5) is 4.39 Å². The molecule has 1 aromatic carbocycles. The van der Waals surface area contributed by atoms with Gasteiger partial charge in [0, 0.05) is 32.7 Å². The lowest BCUT2D eigenvalue weighted by Gasteiger charge is -2.33. The van der Waals surface area contributed by atoms with Gasteiger partial charge in [0.05, 0.1) is 0 Å². The Morgan fingerprint density at radius 1 is 1.35 bits per heavy atom. The molecule has 1 heterocycles. The topological polar surface area (TPSA) is 39.7 Å². The van der Waals surface area contributed by atoms with Crippen molar-refractivity contribution in [3.63, 3.8) is 0 Å². The molecule has 1 aliphatic heterocycles. The summed E-state index contributed by atoms with van der Waals surface area (Å²) in [5.41, 5.74) is 0.910. The molecule has 130 valence electrons. The fourth-order valence-electron chi connectivity index (χ4n) is 2.86. The first-order valence-electron chi connectivity index (χ1n) is 8.12. The summed E-state index contributed by atoms with van der Waals surface area (Å²) in [6.45, 7) is 5.96. The van der Waals surface area contributed by atoms with Crippen molar-refractivity contribution in [3.05, 3.63) is 35.6 Å². The maximum absolute atomic E-state index is 13.1. The second kappa shape index (κ2) is 10.8. The van der Waals surface area contributed by atoms with Crippen LogP contribution in [0.2, 0.25) is 0 Å². The summed E-state index contributed by atoms with van der Waals surface area (Å²) in [6.07, 6.45) is 3.95. The molecule has 1 atom stereocenters. The molecule has 0 amide bonds. The molecular weight excluding hydrogens is 406 g/mol. The van der Waals surface area contributed by atoms with Crippen LogP contribution in [0, 0.1) is 5.82 Å². The average molecular weight is 434 g/mol. The van der Waals surface area contributed by atoms with Crippen molar-refractivity contribution in [2.75, 3.05) is 26.7 Å². The summed E-state index contributed by atoms with van der Waals surface area (Å²) in [5, 5.41) is 6.54. The van der Waals surface area contributed by atoms with Crippen molar-refractivity contribution in [1.82, 2.24) is 15.5 Å². The summed E-state index contributed by atoms with van der Waals surface area (Å²) in [6, 6.07) is 7.29. The number of likely N-dealkylation sites (tertiary alicyclic amines) is 1. The van der Waals surface area contributed by atoms with Gasteiger partial charge in [0.1, 0.15) is 5.82 Å². The first-order valence-corrected chi connectivity index (χ1v) is 8.12. The zero-order chi connectivity index (χ0) is 15.8. The molecule has 6 heteroatoms. The summed E-state index contributed by atoms with van der Waals surface area (Å²) in [5.74, 6) is 0.551. The Hall–Kier alpha value is -0.890. The molecule has 0 saturated carbocycles. The highest BCUT2D eigenvalue weighted by Crippen LogP contribution is 2.15. The fourth-order valence-corrected chi connectivity index (χ4v) is 2.86. The van der Waals surface area contributed by atoms with Gasteiger partial charge in [0.25, 0.3) is 0 Å². The molecular formula is C17H28FIN4. The fraction of sp³-hybridized carbons (Fsp3) is 0.588. The van der Waals surface area contributed by atoms with Gasteiger partial charge in [0.2, 0.25) is 0 Å². The van der Waals surface area contributed by atoms with Crippen LogP contribution >= 0.6 is 24.0 Å². The van der Waals surface area contributed by atoms with Crippen molar-refractivity contribution >= 4 is 29.9 Å². The zero-order valence-corrected chi connectivity index (χ0v) is 16.3. The Morgan fingerprint density at radius 2 is 2.17 bits per heavy atom. The second-order valence-corrected chi connectivity index (χ2v) is 5.86. The van der Waals surface area contributed by atoms with Gasteiger partial charge in [-0.3, -0.25) is 9.89 Å². The van der Waals surface area contributed by atoms with Gasteiger partial charge in [0.15, 0.2) is 5.96 Å². The number of halogens is 2. The van der Waals surface area contributed by atoms with E-state index in [0.29, 0.717) is 12.6 Å². The molecule has 1 unspecified atom stereocenters. The van der Waals surface area contributed by atoms with Crippen LogP contribution in [0.15, 0.2) is 29.3 Å². The molecule has 4 nitrogen and oxygen atoms in total. The summed E-state index contributed by atoms with van der Waals surface area (Å²) in [7, 11) is 1.75. The Labute approximate surface area is 156 Å². The molecule has 1 aliphatic rings. The van der Waals surface area contributed by atoms with Crippen LogP contribution in [-0.2, 0) is 6.54 Å². The van der Waals surface area contributed by atoms with E-state index in [-0.39, 0.29) is 29.8 Å². The zero-order valence-electron chi connectivity index (χ0n) is 14.0. The number of nitrogens with one attached hydrogen (secondary N) is 2. The predicted molar refractivity (Wildman–Crippen MR) is 105 cm³/mol. The third-order valence-electron chi connectivity index (χ3n) is 4.20. The van der Waals surface area contributed by atoms with Crippen molar-refractivity contribution < 1.29 is 4.39 Å². The lowest BCUT2D eigenvalue weighted by atomic mass is 10.0. The van der Waals surface area contributed by atoms with Gasteiger partial charge in [-0.25, -0.2) is 4.39 Å². The third kappa shape index (κ3) is 7.03. The van der Waals surface area contributed by atoms with Crippen LogP contribution in [0.25, 0.3) is 0 Å². The number of hydrogen-bond donors (Lipinski definition) is 2. The number of benzene rings is 1. The van der Waals surface area contributed by atoms with E-state index >= 15 is 0 Å². The monoisotopic (exact) mass is 434 g/mol. The molecule has 1 saturated heterocycles. The lowest BCUT2D eigenvalue weighted by molar-refractivity contribution is 0.163. The molecule has 1 fully saturated rings. The van der Waals surface area contributed by atoms with E-state index in [1.54, 1.807) is 13.1 Å². The van der Waals surface area contributed by atoms with Crippen molar-refractivity contribution in [2.45, 2.75) is 38.8 Å². The number of guanidine groups is 1. The molecule has 0 aromatic heterocycles. The molecule has 1 aromatic rings. The third-order valence-corrected chi connectivity index (χ3v) is 4.20. The van der Waals surface area contributed by atoms with Gasteiger partial charge in [-0.05, 0) is 44.0 Å². The lowest BCUT2D eigenvalue weighted by Crippen LogP contribution is -2.45. The number of aliphatic imine (C=N–C) groups is 1. The van der Waals surface area contributed by atoms with E-state index in [4.69, 9.17) is 0 Å². The first-order chi connectivity index (χ1) is 10.7. The minimum atomic E-state index is -0.207. The Kier molecular flexibility index (Phi) is 9.47. The molecule has 23 heavy (non-hydrogen) atoms. The van der Waals surface area contributed by atoms with Crippen molar-refractivity contribution in [2.24, 2.45) is 4.99 Å². The highest BCUT2D eigenvalue weighted by atomic mass is 127. The quantitative estimate of drug-likeness (QED) is 0.425. The highest BCUT2D eigenvalue weighted by molar-refractivity contribution is 14.0. The minimum absolute atomic E-state index is 0. The predicted octanol–water partition coefficient (Wildman–Crippen LogP) is 2.98. The van der Waals surface area contributed by atoms with Gasteiger partial charge < -0.3 is 10.6 Å². The minimum Gasteiger partial charge on any atom is -0.355 e. The van der Waals surface area contributed by atoms with E-state index in [2.05, 4.69) is 27.4 Å². The van der Waals surface area contributed by atoms with Gasteiger partial charge >= 0.3 is 0 Å². The van der Waals surface area contributed by atoms with Crippen LogP contribution in [0.3, 0.4) is 0 Å². The maximum Gasteiger partial charge on any atom is 0.191 e. The van der Waals surface area contributed by atoms with Crippen molar-refractivity contribution in [1.29, 1.82) is 0 Å². The normalized spacial score (nSPS) is 19.1. The average Bonchev–Trinajstić information content (AvgIpc) is 2.52. The van der Waals surface area contributed by atoms with Gasteiger partial charge in [-0.15, -0.1) is 24.0 Å². The second-order valence-electron chi connectivity index (χ2n) is 5.86. The highest BCUT2D eigenvalue weighted by Gasteiger charge is 2.17. The van der Waals surface area contributed by atoms with E-state index in [1.165, 1.54) is 37.9 Å². The standard InChI is InChI=1S/C17H27FN4.HI/c1-14-6-3-4-10-22(14)11-9-20-17(19-2)21-13-15-7-5-8-16(18)12-15;/h5,7-8,12,14H,3-4,6,9-11,13H2,1-2H3,(H2,19,20,21);1H. The molecule has 2 N–H and O–H groups in total. The molecule has 0 aliphatic carbocycles. The number of hydrogen-bond acceptors (Lipinski definition) is 2. The number of rotatable bonds is 5. The van der Waals surface area contributed by atoms with Crippen LogP contribution < -0.4 is 10.6 Å². The number of nitrogens with zero attached hydrogens (tertiary/aromatic N) is 2. The van der Waals surface area contributed by atoms with Crippen LogP contribution in [0.5, 0.6) is 0 Å². The first kappa shape index (κ1) is 20.2. The van der Waals surface area contributed by atoms with Gasteiger partial charge in [-0.1, -0.05) is 18.6 Å². The Balaban J connectivity index is 0.00000264. The van der Waals surface area contributed by atoms with E-state index in [0.717, 1.165) is 24.6 Å². The smallest absolute Gasteiger partial charge is 0.191 e. The van der Waals surface area contributed by atoms with Crippen LogP contribution in [-0.4, -0.2) is 43.6 Å². The van der Waals surface area contributed by atoms with Crippen molar-refractivity contribution in [3.8, 4) is 0 Å². The van der Waals surface area contributed by atoms with E-state index < -0.39 is 0 Å². The Morgan fingerprint density at radius 3 is 2.87 bits per heavy atom. The number of piperidine rings is 1. The molecule has 0 spiro atoms. The molecule has 0 bridgehead atoms. The summed E-state index contributed by atoms with van der Waals surface area (Å²) in [4.78, 5) is 6.73.